The van der Waals surface area contributed by atoms with E-state index in [0.717, 1.165) is 50.2 Å². The molecule has 0 aromatic carbocycles. The van der Waals surface area contributed by atoms with Gasteiger partial charge in [-0.15, -0.1) is 0 Å². The zero-order valence-corrected chi connectivity index (χ0v) is 12.0. The molecule has 1 aliphatic heterocycles. The highest BCUT2D eigenvalue weighted by molar-refractivity contribution is 5.29. The fourth-order valence-corrected chi connectivity index (χ4v) is 2.51. The zero-order valence-electron chi connectivity index (χ0n) is 12.0. The smallest absolute Gasteiger partial charge is 0.225 e. The summed E-state index contributed by atoms with van der Waals surface area (Å²) in [5.41, 5.74) is 1.23. The fraction of sp³-hybridized carbons (Fsp3) is 0.467. The Kier molecular flexibility index (Phi) is 3.69. The van der Waals surface area contributed by atoms with Crippen molar-refractivity contribution in [2.45, 2.75) is 20.4 Å². The molecular weight excluding hydrogens is 252 g/mol. The van der Waals surface area contributed by atoms with Crippen LogP contribution in [-0.4, -0.2) is 41.0 Å². The predicted molar refractivity (Wildman–Crippen MR) is 77.7 cm³/mol. The molecule has 0 spiro atoms. The van der Waals surface area contributed by atoms with Gasteiger partial charge in [0, 0.05) is 38.6 Å². The van der Waals surface area contributed by atoms with Crippen LogP contribution in [0.5, 0.6) is 0 Å². The molecule has 0 saturated carbocycles. The van der Waals surface area contributed by atoms with Crippen molar-refractivity contribution >= 4 is 5.95 Å². The zero-order chi connectivity index (χ0) is 13.9. The van der Waals surface area contributed by atoms with Crippen molar-refractivity contribution in [1.29, 1.82) is 0 Å². The lowest BCUT2D eigenvalue weighted by Gasteiger charge is -2.34. The minimum absolute atomic E-state index is 0.830. The molecule has 1 saturated heterocycles. The molecule has 20 heavy (non-hydrogen) atoms. The van der Waals surface area contributed by atoms with E-state index in [2.05, 4.69) is 32.8 Å². The number of aryl methyl sites for hydroxylation is 2. The van der Waals surface area contributed by atoms with Crippen LogP contribution in [0.2, 0.25) is 0 Å². The van der Waals surface area contributed by atoms with Crippen molar-refractivity contribution in [3.63, 3.8) is 0 Å². The predicted octanol–water partition coefficient (Wildman–Crippen LogP) is 2.01. The van der Waals surface area contributed by atoms with Gasteiger partial charge < -0.3 is 9.32 Å². The van der Waals surface area contributed by atoms with Gasteiger partial charge in [-0.2, -0.15) is 0 Å². The number of piperazine rings is 1. The Bertz CT molecular complexity index is 539. The molecule has 0 N–H and O–H groups in total. The minimum Gasteiger partial charge on any atom is -0.465 e. The summed E-state index contributed by atoms with van der Waals surface area (Å²) in [6, 6.07) is 3.99. The van der Waals surface area contributed by atoms with E-state index in [0.29, 0.717) is 0 Å². The van der Waals surface area contributed by atoms with Gasteiger partial charge in [-0.05, 0) is 31.5 Å². The molecule has 0 amide bonds. The van der Waals surface area contributed by atoms with Crippen molar-refractivity contribution < 1.29 is 4.42 Å². The molecule has 2 aromatic rings. The van der Waals surface area contributed by atoms with Crippen LogP contribution >= 0.6 is 0 Å². The van der Waals surface area contributed by atoms with Crippen LogP contribution in [0.4, 0.5) is 5.95 Å². The Balaban J connectivity index is 1.56. The lowest BCUT2D eigenvalue weighted by Crippen LogP contribution is -2.46. The van der Waals surface area contributed by atoms with Crippen LogP contribution in [0.25, 0.3) is 0 Å². The van der Waals surface area contributed by atoms with Crippen molar-refractivity contribution in [3.8, 4) is 0 Å². The summed E-state index contributed by atoms with van der Waals surface area (Å²) in [5.74, 6) is 2.91. The second-order valence-electron chi connectivity index (χ2n) is 5.26. The topological polar surface area (TPSA) is 45.4 Å². The molecular formula is C15H20N4O. The van der Waals surface area contributed by atoms with Crippen molar-refractivity contribution in [2.24, 2.45) is 0 Å². The Morgan fingerprint density at radius 1 is 1.10 bits per heavy atom. The number of furan rings is 1. The third-order valence-corrected chi connectivity index (χ3v) is 3.80. The standard InChI is InChI=1S/C15H20N4O/c1-12-10-14(20-13(12)2)11-18-6-8-19(9-7-18)15-16-4-3-5-17-15/h3-5,10H,6-9,11H2,1-2H3. The van der Waals surface area contributed by atoms with Crippen LogP contribution < -0.4 is 4.90 Å². The monoisotopic (exact) mass is 272 g/mol. The van der Waals surface area contributed by atoms with Gasteiger partial charge >= 0.3 is 0 Å². The highest BCUT2D eigenvalue weighted by Crippen LogP contribution is 2.17. The first kappa shape index (κ1) is 13.1. The van der Waals surface area contributed by atoms with Crippen LogP contribution in [0, 0.1) is 13.8 Å². The summed E-state index contributed by atoms with van der Waals surface area (Å²) >= 11 is 0. The number of nitrogens with zero attached hydrogens (tertiary/aromatic N) is 4. The summed E-state index contributed by atoms with van der Waals surface area (Å²) in [5, 5.41) is 0. The van der Waals surface area contributed by atoms with Crippen LogP contribution in [0.3, 0.4) is 0 Å². The van der Waals surface area contributed by atoms with E-state index in [9.17, 15) is 0 Å². The van der Waals surface area contributed by atoms with E-state index in [1.165, 1.54) is 5.56 Å². The average Bonchev–Trinajstić information content (AvgIpc) is 2.79. The lowest BCUT2D eigenvalue weighted by atomic mass is 10.2. The largest absolute Gasteiger partial charge is 0.465 e. The maximum atomic E-state index is 5.75. The number of rotatable bonds is 3. The van der Waals surface area contributed by atoms with Gasteiger partial charge in [0.25, 0.3) is 0 Å². The molecule has 0 aliphatic carbocycles. The second-order valence-corrected chi connectivity index (χ2v) is 5.26. The van der Waals surface area contributed by atoms with Gasteiger partial charge in [0.2, 0.25) is 5.95 Å². The summed E-state index contributed by atoms with van der Waals surface area (Å²) in [6.07, 6.45) is 3.59. The van der Waals surface area contributed by atoms with Gasteiger partial charge in [0.1, 0.15) is 11.5 Å². The van der Waals surface area contributed by atoms with E-state index in [1.807, 2.05) is 13.0 Å². The number of hydrogen-bond donors (Lipinski definition) is 0. The van der Waals surface area contributed by atoms with Gasteiger partial charge in [-0.25, -0.2) is 9.97 Å². The van der Waals surface area contributed by atoms with Crippen LogP contribution in [0.1, 0.15) is 17.1 Å². The number of anilines is 1. The highest BCUT2D eigenvalue weighted by atomic mass is 16.3. The summed E-state index contributed by atoms with van der Waals surface area (Å²) in [4.78, 5) is 13.3. The summed E-state index contributed by atoms with van der Waals surface area (Å²) < 4.78 is 5.75. The van der Waals surface area contributed by atoms with Gasteiger partial charge in [0.05, 0.1) is 6.54 Å². The maximum absolute atomic E-state index is 5.75. The Morgan fingerprint density at radius 3 is 2.40 bits per heavy atom. The van der Waals surface area contributed by atoms with E-state index in [-0.39, 0.29) is 0 Å². The first-order valence-electron chi connectivity index (χ1n) is 7.02. The van der Waals surface area contributed by atoms with E-state index in [1.54, 1.807) is 12.4 Å². The lowest BCUT2D eigenvalue weighted by molar-refractivity contribution is 0.228. The van der Waals surface area contributed by atoms with Crippen molar-refractivity contribution in [2.75, 3.05) is 31.1 Å². The van der Waals surface area contributed by atoms with Crippen LogP contribution in [0.15, 0.2) is 28.9 Å². The molecule has 5 heteroatoms. The molecule has 2 aromatic heterocycles. The Hall–Kier alpha value is -1.88. The first-order valence-corrected chi connectivity index (χ1v) is 7.02. The van der Waals surface area contributed by atoms with Gasteiger partial charge in [-0.3, -0.25) is 4.90 Å². The number of hydrogen-bond acceptors (Lipinski definition) is 5. The van der Waals surface area contributed by atoms with Crippen LogP contribution in [-0.2, 0) is 6.54 Å². The fourth-order valence-electron chi connectivity index (χ4n) is 2.51. The normalized spacial score (nSPS) is 16.6. The third kappa shape index (κ3) is 2.82. The molecule has 1 aliphatic rings. The minimum atomic E-state index is 0.830. The molecule has 3 rings (SSSR count). The molecule has 0 unspecified atom stereocenters. The Morgan fingerprint density at radius 2 is 1.80 bits per heavy atom. The van der Waals surface area contributed by atoms with Crippen molar-refractivity contribution in [3.05, 3.63) is 41.6 Å². The molecule has 0 radical (unpaired) electrons. The van der Waals surface area contributed by atoms with Gasteiger partial charge in [-0.1, -0.05) is 0 Å². The molecule has 0 atom stereocenters. The van der Waals surface area contributed by atoms with Gasteiger partial charge in [0.15, 0.2) is 0 Å². The highest BCUT2D eigenvalue weighted by Gasteiger charge is 2.19. The summed E-state index contributed by atoms with van der Waals surface area (Å²) in [6.45, 7) is 8.94. The molecule has 3 heterocycles. The van der Waals surface area contributed by atoms with E-state index in [4.69, 9.17) is 4.42 Å². The van der Waals surface area contributed by atoms with E-state index >= 15 is 0 Å². The molecule has 1 fully saturated rings. The second kappa shape index (κ2) is 5.63. The SMILES string of the molecule is Cc1cc(CN2CCN(c3ncccn3)CC2)oc1C. The average molecular weight is 272 g/mol. The molecule has 106 valence electrons. The molecule has 5 nitrogen and oxygen atoms in total. The quantitative estimate of drug-likeness (QED) is 0.855. The summed E-state index contributed by atoms with van der Waals surface area (Å²) in [7, 11) is 0. The Labute approximate surface area is 119 Å². The van der Waals surface area contributed by atoms with Crippen molar-refractivity contribution in [1.82, 2.24) is 14.9 Å². The molecule has 0 bridgehead atoms. The third-order valence-electron chi connectivity index (χ3n) is 3.80. The van der Waals surface area contributed by atoms with E-state index < -0.39 is 0 Å². The first-order chi connectivity index (χ1) is 9.72. The number of aromatic nitrogens is 2. The maximum Gasteiger partial charge on any atom is 0.225 e.